The van der Waals surface area contributed by atoms with Gasteiger partial charge in [-0.25, -0.2) is 0 Å². The van der Waals surface area contributed by atoms with Crippen molar-refractivity contribution in [3.8, 4) is 0 Å². The second-order valence-corrected chi connectivity index (χ2v) is 3.48. The number of hydrogen-bond donors (Lipinski definition) is 0. The van der Waals surface area contributed by atoms with Gasteiger partial charge in [0.2, 0.25) is 0 Å². The van der Waals surface area contributed by atoms with Crippen molar-refractivity contribution in [3.63, 3.8) is 0 Å². The molecule has 0 aromatic heterocycles. The second-order valence-electron chi connectivity index (χ2n) is 2.10. The third-order valence-electron chi connectivity index (χ3n) is 0.677. The van der Waals surface area contributed by atoms with E-state index in [9.17, 15) is 4.79 Å². The Hall–Kier alpha value is -0.0500. The number of carbonyl (C=O) groups excluding carboxylic acids is 1. The van der Waals surface area contributed by atoms with Crippen LogP contribution in [0.25, 0.3) is 0 Å². The zero-order valence-corrected chi connectivity index (χ0v) is 7.44. The molecule has 0 aromatic carbocycles. The minimum absolute atomic E-state index is 0.0162. The van der Waals surface area contributed by atoms with Crippen molar-refractivity contribution in [2.45, 2.75) is 31.7 Å². The van der Waals surface area contributed by atoms with Crippen molar-refractivity contribution in [2.75, 3.05) is 0 Å². The van der Waals surface area contributed by atoms with Crippen LogP contribution >= 0.6 is 15.9 Å². The molecule has 0 unspecified atom stereocenters. The minimum Gasteiger partial charge on any atom is -0.462 e. The van der Waals surface area contributed by atoms with Crippen LogP contribution in [-0.2, 0) is 9.53 Å². The van der Waals surface area contributed by atoms with E-state index in [0.29, 0.717) is 0 Å². The van der Waals surface area contributed by atoms with E-state index >= 15 is 0 Å². The summed E-state index contributed by atoms with van der Waals surface area (Å²) in [5.41, 5.74) is 0. The molecule has 0 aliphatic carbocycles. The molecule has 2 nitrogen and oxygen atoms in total. The number of ether oxygens (including phenoxy) is 1. The number of hydrogen-bond acceptors (Lipinski definition) is 2. The molecule has 0 amide bonds. The van der Waals surface area contributed by atoms with Crippen molar-refractivity contribution in [2.24, 2.45) is 0 Å². The van der Waals surface area contributed by atoms with Gasteiger partial charge in [-0.1, -0.05) is 15.9 Å². The summed E-state index contributed by atoms with van der Waals surface area (Å²) >= 11 is 3.09. The number of carbonyl (C=O) groups is 1. The molecule has 0 rings (SSSR count). The summed E-state index contributed by atoms with van der Waals surface area (Å²) in [7, 11) is 0. The van der Waals surface area contributed by atoms with E-state index in [1.54, 1.807) is 6.92 Å². The Balaban J connectivity index is 3.51. The number of halogens is 1. The van der Waals surface area contributed by atoms with Gasteiger partial charge in [-0.05, 0) is 20.8 Å². The first-order valence-corrected chi connectivity index (χ1v) is 3.80. The Labute approximate surface area is 63.7 Å². The summed E-state index contributed by atoms with van der Waals surface area (Å²) in [5.74, 6) is -0.204. The van der Waals surface area contributed by atoms with Crippen LogP contribution < -0.4 is 0 Å². The highest BCUT2D eigenvalue weighted by molar-refractivity contribution is 9.10. The maximum absolute atomic E-state index is 10.7. The van der Waals surface area contributed by atoms with Crippen LogP contribution in [0.3, 0.4) is 0 Å². The van der Waals surface area contributed by atoms with Crippen molar-refractivity contribution in [1.82, 2.24) is 0 Å². The summed E-state index contributed by atoms with van der Waals surface area (Å²) < 4.78 is 4.83. The lowest BCUT2D eigenvalue weighted by Crippen LogP contribution is -2.18. The first-order valence-electron chi connectivity index (χ1n) is 2.88. The van der Waals surface area contributed by atoms with E-state index in [4.69, 9.17) is 4.74 Å². The number of rotatable bonds is 2. The van der Waals surface area contributed by atoms with Crippen LogP contribution in [-0.4, -0.2) is 16.9 Å². The summed E-state index contributed by atoms with van der Waals surface area (Å²) in [5, 5.41) is 0. The van der Waals surface area contributed by atoms with Gasteiger partial charge in [0.15, 0.2) is 0 Å². The van der Waals surface area contributed by atoms with Gasteiger partial charge in [0.25, 0.3) is 0 Å². The number of esters is 1. The molecule has 3 heteroatoms. The average Bonchev–Trinajstić information content (AvgIpc) is 1.63. The predicted molar refractivity (Wildman–Crippen MR) is 39.6 cm³/mol. The fraction of sp³-hybridized carbons (Fsp3) is 0.833. The maximum atomic E-state index is 10.7. The van der Waals surface area contributed by atoms with E-state index in [-0.39, 0.29) is 16.9 Å². The fourth-order valence-electron chi connectivity index (χ4n) is 0.326. The largest absolute Gasteiger partial charge is 0.462 e. The molecule has 0 aliphatic heterocycles. The van der Waals surface area contributed by atoms with Gasteiger partial charge in [0.05, 0.1) is 6.10 Å². The van der Waals surface area contributed by atoms with E-state index < -0.39 is 0 Å². The predicted octanol–water partition coefficient (Wildman–Crippen LogP) is 1.72. The van der Waals surface area contributed by atoms with Gasteiger partial charge in [-0.3, -0.25) is 4.79 Å². The van der Waals surface area contributed by atoms with Gasteiger partial charge < -0.3 is 4.74 Å². The van der Waals surface area contributed by atoms with Crippen molar-refractivity contribution >= 4 is 21.9 Å². The van der Waals surface area contributed by atoms with E-state index in [1.807, 2.05) is 13.8 Å². The number of alkyl halides is 1. The molecule has 0 aromatic rings. The first-order chi connectivity index (χ1) is 4.04. The van der Waals surface area contributed by atoms with Crippen LogP contribution in [0.4, 0.5) is 0 Å². The molecule has 0 bridgehead atoms. The molecule has 0 spiro atoms. The highest BCUT2D eigenvalue weighted by Crippen LogP contribution is 2.01. The van der Waals surface area contributed by atoms with Gasteiger partial charge in [0, 0.05) is 0 Å². The summed E-state index contributed by atoms with van der Waals surface area (Å²) in [6.07, 6.45) is -0.0162. The topological polar surface area (TPSA) is 26.3 Å². The summed E-state index contributed by atoms with van der Waals surface area (Å²) in [6.45, 7) is 5.39. The Kier molecular flexibility index (Phi) is 3.86. The van der Waals surface area contributed by atoms with Gasteiger partial charge in [-0.15, -0.1) is 0 Å². The summed E-state index contributed by atoms with van der Waals surface area (Å²) in [4.78, 5) is 10.5. The lowest BCUT2D eigenvalue weighted by atomic mass is 10.4. The standard InChI is InChI=1S/C6H11BrO2/c1-4(2)9-6(8)5(3)7/h4-5H,1-3H3/t5-/m0/s1. The van der Waals surface area contributed by atoms with Crippen LogP contribution in [0, 0.1) is 0 Å². The molecule has 0 N–H and O–H groups in total. The van der Waals surface area contributed by atoms with Crippen molar-refractivity contribution in [3.05, 3.63) is 0 Å². The zero-order valence-electron chi connectivity index (χ0n) is 5.85. The molecule has 9 heavy (non-hydrogen) atoms. The Bertz CT molecular complexity index is 99.2. The molecule has 0 radical (unpaired) electrons. The normalized spacial score (nSPS) is 13.4. The molecule has 0 fully saturated rings. The quantitative estimate of drug-likeness (QED) is 0.495. The Morgan fingerprint density at radius 2 is 1.89 bits per heavy atom. The molecule has 0 saturated carbocycles. The highest BCUT2D eigenvalue weighted by atomic mass is 79.9. The van der Waals surface area contributed by atoms with Crippen LogP contribution in [0.5, 0.6) is 0 Å². The monoisotopic (exact) mass is 194 g/mol. The van der Waals surface area contributed by atoms with Gasteiger partial charge in [-0.2, -0.15) is 0 Å². The molecule has 0 heterocycles. The van der Waals surface area contributed by atoms with Crippen LogP contribution in [0.2, 0.25) is 0 Å². The lowest BCUT2D eigenvalue weighted by Gasteiger charge is -2.08. The smallest absolute Gasteiger partial charge is 0.319 e. The zero-order chi connectivity index (χ0) is 7.44. The van der Waals surface area contributed by atoms with Crippen molar-refractivity contribution < 1.29 is 9.53 Å². The minimum atomic E-state index is -0.204. The molecule has 1 atom stereocenters. The molecule has 54 valence electrons. The van der Waals surface area contributed by atoms with Crippen molar-refractivity contribution in [1.29, 1.82) is 0 Å². The lowest BCUT2D eigenvalue weighted by molar-refractivity contribution is -0.146. The third kappa shape index (κ3) is 4.45. The molecule has 0 saturated heterocycles. The van der Waals surface area contributed by atoms with E-state index in [1.165, 1.54) is 0 Å². The SMILES string of the molecule is CC(C)OC(=O)[C@H](C)Br. The first kappa shape index (κ1) is 8.95. The second kappa shape index (κ2) is 3.88. The molecular formula is C6H11BrO2. The fourth-order valence-corrected chi connectivity index (χ4v) is 0.434. The van der Waals surface area contributed by atoms with Crippen LogP contribution in [0.15, 0.2) is 0 Å². The third-order valence-corrected chi connectivity index (χ3v) is 1.05. The Morgan fingerprint density at radius 3 is 2.00 bits per heavy atom. The molecule has 0 aliphatic rings. The van der Waals surface area contributed by atoms with Crippen LogP contribution in [0.1, 0.15) is 20.8 Å². The molecular weight excluding hydrogens is 184 g/mol. The van der Waals surface area contributed by atoms with E-state index in [2.05, 4.69) is 15.9 Å². The van der Waals surface area contributed by atoms with Gasteiger partial charge >= 0.3 is 5.97 Å². The highest BCUT2D eigenvalue weighted by Gasteiger charge is 2.10. The maximum Gasteiger partial charge on any atom is 0.319 e. The van der Waals surface area contributed by atoms with Gasteiger partial charge in [0.1, 0.15) is 4.83 Å². The van der Waals surface area contributed by atoms with E-state index in [0.717, 1.165) is 0 Å². The average molecular weight is 195 g/mol. The Morgan fingerprint density at radius 1 is 1.44 bits per heavy atom. The summed E-state index contributed by atoms with van der Waals surface area (Å²) in [6, 6.07) is 0.